The monoisotopic (exact) mass is 657 g/mol. The fourth-order valence-corrected chi connectivity index (χ4v) is 9.55. The van der Waals surface area contributed by atoms with Crippen molar-refractivity contribution in [3.05, 3.63) is 142 Å². The Morgan fingerprint density at radius 3 is 1.94 bits per heavy atom. The second-order valence-electron chi connectivity index (χ2n) is 13.0. The Hall–Kier alpha value is -4.73. The van der Waals surface area contributed by atoms with E-state index in [4.69, 9.17) is 4.74 Å². The summed E-state index contributed by atoms with van der Waals surface area (Å²) in [5, 5.41) is 7.73. The number of fused-ring (bicyclic) bond motifs is 3. The van der Waals surface area contributed by atoms with Crippen LogP contribution in [0.25, 0.3) is 0 Å². The van der Waals surface area contributed by atoms with Crippen LogP contribution in [0.1, 0.15) is 65.1 Å². The maximum absolute atomic E-state index is 16.0. The van der Waals surface area contributed by atoms with E-state index in [1.165, 1.54) is 22.3 Å². The van der Waals surface area contributed by atoms with E-state index in [1.807, 2.05) is 97.9 Å². The molecule has 0 saturated carbocycles. The molecule has 1 unspecified atom stereocenters. The highest BCUT2D eigenvalue weighted by molar-refractivity contribution is 7.92. The number of aryl methyl sites for hydroxylation is 3. The number of urea groups is 1. The van der Waals surface area contributed by atoms with Crippen LogP contribution in [0.3, 0.4) is 0 Å². The third-order valence-electron chi connectivity index (χ3n) is 9.95. The molecule has 0 bridgehead atoms. The molecule has 2 heterocycles. The van der Waals surface area contributed by atoms with Crippen LogP contribution in [0.15, 0.2) is 113 Å². The molecule has 2 N–H and O–H groups in total. The highest BCUT2D eigenvalue weighted by Crippen LogP contribution is 2.42. The van der Waals surface area contributed by atoms with E-state index in [9.17, 15) is 4.79 Å². The molecule has 0 fully saturated rings. The van der Waals surface area contributed by atoms with Crippen LogP contribution in [-0.4, -0.2) is 26.1 Å². The summed E-state index contributed by atoms with van der Waals surface area (Å²) in [6.07, 6.45) is 8.16. The summed E-state index contributed by atoms with van der Waals surface area (Å²) < 4.78 is 32.1. The lowest BCUT2D eigenvalue weighted by Gasteiger charge is -2.37. The van der Waals surface area contributed by atoms with E-state index >= 15 is 4.21 Å². The zero-order valence-corrected chi connectivity index (χ0v) is 27.8. The molecule has 8 nitrogen and oxygen atoms in total. The lowest BCUT2D eigenvalue weighted by Crippen LogP contribution is -2.48. The van der Waals surface area contributed by atoms with Gasteiger partial charge in [0, 0.05) is 18.7 Å². The summed E-state index contributed by atoms with van der Waals surface area (Å²) >= 11 is 0. The molecule has 0 radical (unpaired) electrons. The summed E-state index contributed by atoms with van der Waals surface area (Å²) in [6, 6.07) is 31.4. The van der Waals surface area contributed by atoms with Crippen molar-refractivity contribution in [3.63, 3.8) is 0 Å². The van der Waals surface area contributed by atoms with Gasteiger partial charge in [-0.1, -0.05) is 97.1 Å². The number of carbonyl (C=O) groups is 1. The van der Waals surface area contributed by atoms with Crippen LogP contribution < -0.4 is 14.8 Å². The van der Waals surface area contributed by atoms with E-state index in [1.54, 1.807) is 10.9 Å². The van der Waals surface area contributed by atoms with Crippen LogP contribution in [0.4, 0.5) is 10.5 Å². The fraction of sp³-hybridized carbons (Fsp3) is 0.282. The Kier molecular flexibility index (Phi) is 7.89. The highest BCUT2D eigenvalue weighted by atomic mass is 32.2. The molecular formula is C39H39N5O3S. The van der Waals surface area contributed by atoms with Gasteiger partial charge in [-0.25, -0.2) is 18.4 Å². The number of hydrogen-bond acceptors (Lipinski definition) is 4. The molecule has 1 aliphatic heterocycles. The third kappa shape index (κ3) is 5.31. The Balaban J connectivity index is 1.34. The summed E-state index contributed by atoms with van der Waals surface area (Å²) in [4.78, 5) is 14.5. The van der Waals surface area contributed by atoms with Gasteiger partial charge in [0.05, 0.1) is 12.3 Å². The zero-order valence-electron chi connectivity index (χ0n) is 27.0. The van der Waals surface area contributed by atoms with E-state index < -0.39 is 21.5 Å². The number of anilines is 1. The van der Waals surface area contributed by atoms with Gasteiger partial charge in [-0.3, -0.25) is 0 Å². The molecule has 5 aromatic rings. The van der Waals surface area contributed by atoms with Gasteiger partial charge in [0.1, 0.15) is 10.4 Å². The SMILES string of the molecule is C[C@@H]1CCn2ncc(S(=O)(=NC(=O)Nc3c4c(cc5c3CCC5)CCC4)NC(c3ccccc3)(c3ccccc3)c3ccccc3)c2O1. The average molecular weight is 658 g/mol. The normalized spacial score (nSPS) is 17.8. The average Bonchev–Trinajstić information content (AvgIpc) is 3.89. The van der Waals surface area contributed by atoms with Gasteiger partial charge in [-0.15, -0.1) is 4.36 Å². The number of aromatic nitrogens is 2. The Bertz CT molecular complexity index is 1980. The van der Waals surface area contributed by atoms with Crippen molar-refractivity contribution in [1.29, 1.82) is 0 Å². The quantitative estimate of drug-likeness (QED) is 0.176. The molecule has 48 heavy (non-hydrogen) atoms. The molecular weight excluding hydrogens is 619 g/mol. The molecule has 9 heteroatoms. The Morgan fingerprint density at radius 2 is 1.40 bits per heavy atom. The van der Waals surface area contributed by atoms with Crippen LogP contribution in [0, 0.1) is 0 Å². The maximum atomic E-state index is 16.0. The zero-order chi connectivity index (χ0) is 32.7. The minimum absolute atomic E-state index is 0.109. The van der Waals surface area contributed by atoms with E-state index in [0.29, 0.717) is 12.4 Å². The molecule has 8 rings (SSSR count). The molecule has 0 saturated heterocycles. The number of carbonyl (C=O) groups excluding carboxylic acids is 1. The summed E-state index contributed by atoms with van der Waals surface area (Å²) in [5.41, 5.74) is 7.20. The van der Waals surface area contributed by atoms with Gasteiger partial charge < -0.3 is 10.1 Å². The minimum atomic E-state index is -3.78. The summed E-state index contributed by atoms with van der Waals surface area (Å²) in [5.74, 6) is 0.368. The molecule has 0 spiro atoms. The van der Waals surface area contributed by atoms with Crippen LogP contribution in [-0.2, 0) is 47.7 Å². The molecule has 1 aromatic heterocycles. The second kappa shape index (κ2) is 12.4. The van der Waals surface area contributed by atoms with Crippen molar-refractivity contribution in [1.82, 2.24) is 14.5 Å². The van der Waals surface area contributed by atoms with Gasteiger partial charge in [-0.2, -0.15) is 5.10 Å². The smallest absolute Gasteiger partial charge is 0.354 e. The first-order valence-electron chi connectivity index (χ1n) is 16.9. The van der Waals surface area contributed by atoms with Crippen LogP contribution in [0.5, 0.6) is 5.88 Å². The largest absolute Gasteiger partial charge is 0.474 e. The minimum Gasteiger partial charge on any atom is -0.474 e. The van der Waals surface area contributed by atoms with Crippen LogP contribution in [0.2, 0.25) is 0 Å². The number of hydrogen-bond donors (Lipinski definition) is 2. The van der Waals surface area contributed by atoms with Gasteiger partial charge in [-0.05, 0) is 84.4 Å². The number of amides is 2. The molecule has 244 valence electrons. The highest BCUT2D eigenvalue weighted by Gasteiger charge is 2.42. The standard InChI is InChI=1S/C39H39N5O3S/c1-27-23-24-44-37(47-27)35(26-40-44)48(46,42-38(45)41-36-33-21-11-13-28(33)25-29-14-12-22-34(29)36)43-39(30-15-5-2-6-16-30,31-17-7-3-8-18-31)32-19-9-4-10-20-32/h2-10,15-20,25-27H,11-14,21-24H2,1H3,(H2,41,42,43,45,46)/t27-,48?/m1/s1. The van der Waals surface area contributed by atoms with Crippen molar-refractivity contribution in [3.8, 4) is 5.88 Å². The van der Waals surface area contributed by atoms with Gasteiger partial charge in [0.15, 0.2) is 9.92 Å². The Morgan fingerprint density at radius 1 is 0.854 bits per heavy atom. The molecule has 2 amide bonds. The van der Waals surface area contributed by atoms with Crippen molar-refractivity contribution < 1.29 is 13.7 Å². The summed E-state index contributed by atoms with van der Waals surface area (Å²) in [6.45, 7) is 2.60. The molecule has 4 aromatic carbocycles. The van der Waals surface area contributed by atoms with Crippen molar-refractivity contribution in [2.45, 2.75) is 75.0 Å². The lowest BCUT2D eigenvalue weighted by atomic mass is 9.78. The lowest BCUT2D eigenvalue weighted by molar-refractivity contribution is 0.144. The van der Waals surface area contributed by atoms with Crippen LogP contribution >= 0.6 is 0 Å². The predicted octanol–water partition coefficient (Wildman–Crippen LogP) is 7.59. The van der Waals surface area contributed by atoms with E-state index in [0.717, 1.165) is 67.3 Å². The number of benzene rings is 4. The number of ether oxygens (including phenoxy) is 1. The van der Waals surface area contributed by atoms with Gasteiger partial charge in [0.2, 0.25) is 5.88 Å². The first-order chi connectivity index (χ1) is 23.4. The van der Waals surface area contributed by atoms with E-state index in [2.05, 4.69) is 25.6 Å². The van der Waals surface area contributed by atoms with Crippen molar-refractivity contribution in [2.75, 3.05) is 5.32 Å². The second-order valence-corrected chi connectivity index (χ2v) is 14.9. The van der Waals surface area contributed by atoms with Gasteiger partial charge >= 0.3 is 6.03 Å². The first kappa shape index (κ1) is 30.6. The maximum Gasteiger partial charge on any atom is 0.354 e. The van der Waals surface area contributed by atoms with E-state index in [-0.39, 0.29) is 11.0 Å². The Labute approximate surface area is 281 Å². The molecule has 2 atom stereocenters. The third-order valence-corrected chi connectivity index (χ3v) is 11.8. The van der Waals surface area contributed by atoms with Crippen molar-refractivity contribution in [2.24, 2.45) is 4.36 Å². The molecule has 3 aliphatic rings. The summed E-state index contributed by atoms with van der Waals surface area (Å²) in [7, 11) is -3.78. The number of rotatable bonds is 7. The predicted molar refractivity (Wildman–Crippen MR) is 188 cm³/mol. The number of nitrogens with zero attached hydrogens (tertiary/aromatic N) is 3. The first-order valence-corrected chi connectivity index (χ1v) is 18.4. The fourth-order valence-electron chi connectivity index (χ4n) is 7.67. The molecule has 2 aliphatic carbocycles. The number of nitrogens with one attached hydrogen (secondary N) is 2. The van der Waals surface area contributed by atoms with Gasteiger partial charge in [0.25, 0.3) is 0 Å². The van der Waals surface area contributed by atoms with Crippen molar-refractivity contribution >= 4 is 21.6 Å². The topological polar surface area (TPSA) is 97.6 Å².